The van der Waals surface area contributed by atoms with Crippen molar-refractivity contribution in [2.24, 2.45) is 0 Å². The van der Waals surface area contributed by atoms with Crippen molar-refractivity contribution in [1.29, 1.82) is 5.26 Å². The third-order valence-electron chi connectivity index (χ3n) is 3.51. The SMILES string of the molecule is N#CCCN(C(=O)N1CC(O)C[C@H]1C(=O)O)C1CC1. The fraction of sp³-hybridized carbons (Fsp3) is 0.750. The predicted molar refractivity (Wildman–Crippen MR) is 64.1 cm³/mol. The van der Waals surface area contributed by atoms with Crippen molar-refractivity contribution in [2.75, 3.05) is 13.1 Å². The third-order valence-corrected chi connectivity index (χ3v) is 3.51. The normalized spacial score (nSPS) is 26.0. The Kier molecular flexibility index (Phi) is 3.90. The molecule has 7 nitrogen and oxygen atoms in total. The summed E-state index contributed by atoms with van der Waals surface area (Å²) >= 11 is 0. The van der Waals surface area contributed by atoms with E-state index in [1.165, 1.54) is 4.90 Å². The molecule has 1 aliphatic carbocycles. The van der Waals surface area contributed by atoms with Crippen LogP contribution in [0, 0.1) is 11.3 Å². The molecule has 1 unspecified atom stereocenters. The summed E-state index contributed by atoms with van der Waals surface area (Å²) in [7, 11) is 0. The van der Waals surface area contributed by atoms with Crippen LogP contribution in [0.25, 0.3) is 0 Å². The van der Waals surface area contributed by atoms with E-state index in [2.05, 4.69) is 0 Å². The van der Waals surface area contributed by atoms with E-state index < -0.39 is 18.1 Å². The molecule has 1 saturated heterocycles. The molecule has 0 aromatic carbocycles. The number of hydrogen-bond donors (Lipinski definition) is 2. The number of carboxylic acids is 1. The number of β-amino-alcohol motifs (C(OH)–C–C–N with tert-alkyl or cyclic N) is 1. The number of aliphatic hydroxyl groups is 1. The fourth-order valence-electron chi connectivity index (χ4n) is 2.42. The van der Waals surface area contributed by atoms with Crippen LogP contribution in [-0.2, 0) is 4.79 Å². The summed E-state index contributed by atoms with van der Waals surface area (Å²) in [5.41, 5.74) is 0. The van der Waals surface area contributed by atoms with Crippen LogP contribution in [0.2, 0.25) is 0 Å². The first-order valence-electron chi connectivity index (χ1n) is 6.39. The molecule has 2 atom stereocenters. The molecular weight excluding hydrogens is 250 g/mol. The highest BCUT2D eigenvalue weighted by molar-refractivity contribution is 5.83. The number of carbonyl (C=O) groups is 2. The Morgan fingerprint density at radius 1 is 1.42 bits per heavy atom. The number of aliphatic carboxylic acids is 1. The summed E-state index contributed by atoms with van der Waals surface area (Å²) in [5, 5.41) is 27.2. The second kappa shape index (κ2) is 5.45. The van der Waals surface area contributed by atoms with Crippen molar-refractivity contribution in [1.82, 2.24) is 9.80 Å². The molecule has 19 heavy (non-hydrogen) atoms. The average Bonchev–Trinajstić information content (AvgIpc) is 3.11. The average molecular weight is 267 g/mol. The molecule has 2 aliphatic rings. The molecular formula is C12H17N3O4. The molecule has 2 rings (SSSR count). The van der Waals surface area contributed by atoms with E-state index in [0.29, 0.717) is 6.54 Å². The molecule has 104 valence electrons. The number of aliphatic hydroxyl groups excluding tert-OH is 1. The van der Waals surface area contributed by atoms with Crippen molar-refractivity contribution in [3.63, 3.8) is 0 Å². The van der Waals surface area contributed by atoms with Crippen molar-refractivity contribution in [3.8, 4) is 6.07 Å². The summed E-state index contributed by atoms with van der Waals surface area (Å²) in [6.45, 7) is 0.366. The van der Waals surface area contributed by atoms with Gasteiger partial charge in [0.15, 0.2) is 0 Å². The van der Waals surface area contributed by atoms with E-state index >= 15 is 0 Å². The standard InChI is InChI=1S/C12H17N3O4/c13-4-1-5-14(8-2-3-8)12(19)15-7-9(16)6-10(15)11(17)18/h8-10,16H,1-3,5-7H2,(H,17,18)/t9?,10-/m0/s1. The molecule has 0 bridgehead atoms. The van der Waals surface area contributed by atoms with E-state index in [0.717, 1.165) is 12.8 Å². The minimum absolute atomic E-state index is 0.0472. The lowest BCUT2D eigenvalue weighted by Crippen LogP contribution is -2.49. The lowest BCUT2D eigenvalue weighted by Gasteiger charge is -2.29. The van der Waals surface area contributed by atoms with Crippen molar-refractivity contribution >= 4 is 12.0 Å². The lowest BCUT2D eigenvalue weighted by atomic mass is 10.2. The van der Waals surface area contributed by atoms with Gasteiger partial charge in [0.1, 0.15) is 6.04 Å². The molecule has 0 radical (unpaired) electrons. The molecule has 1 saturated carbocycles. The van der Waals surface area contributed by atoms with Crippen molar-refractivity contribution in [3.05, 3.63) is 0 Å². The molecule has 0 aromatic heterocycles. The lowest BCUT2D eigenvalue weighted by molar-refractivity contribution is -0.141. The van der Waals surface area contributed by atoms with Gasteiger partial charge < -0.3 is 20.0 Å². The summed E-state index contributed by atoms with van der Waals surface area (Å²) < 4.78 is 0. The van der Waals surface area contributed by atoms with Crippen LogP contribution >= 0.6 is 0 Å². The minimum atomic E-state index is -1.10. The smallest absolute Gasteiger partial charge is 0.326 e. The van der Waals surface area contributed by atoms with Crippen LogP contribution in [0.3, 0.4) is 0 Å². The predicted octanol–water partition coefficient (Wildman–Crippen LogP) is 0.00428. The topological polar surface area (TPSA) is 105 Å². The van der Waals surface area contributed by atoms with Gasteiger partial charge in [0.05, 0.1) is 18.6 Å². The molecule has 1 heterocycles. The summed E-state index contributed by atoms with van der Waals surface area (Å²) in [6, 6.07) is 0.769. The first-order chi connectivity index (χ1) is 9.04. The highest BCUT2D eigenvalue weighted by atomic mass is 16.4. The van der Waals surface area contributed by atoms with Gasteiger partial charge in [-0.25, -0.2) is 9.59 Å². The number of amides is 2. The first-order valence-corrected chi connectivity index (χ1v) is 6.39. The van der Waals surface area contributed by atoms with Crippen molar-refractivity contribution < 1.29 is 19.8 Å². The Morgan fingerprint density at radius 3 is 2.63 bits per heavy atom. The Morgan fingerprint density at radius 2 is 2.11 bits per heavy atom. The number of carboxylic acid groups (broad SMARTS) is 1. The molecule has 2 fully saturated rings. The number of rotatable bonds is 4. The Hall–Kier alpha value is -1.81. The summed E-state index contributed by atoms with van der Waals surface area (Å²) in [6.07, 6.45) is 1.30. The maximum Gasteiger partial charge on any atom is 0.326 e. The Bertz CT molecular complexity index is 416. The number of hydrogen-bond acceptors (Lipinski definition) is 4. The zero-order valence-corrected chi connectivity index (χ0v) is 10.5. The molecule has 1 aliphatic heterocycles. The molecule has 2 amide bonds. The van der Waals surface area contributed by atoms with Crippen molar-refractivity contribution in [2.45, 2.75) is 43.9 Å². The van der Waals surface area contributed by atoms with Gasteiger partial charge in [0.2, 0.25) is 0 Å². The molecule has 0 spiro atoms. The van der Waals surface area contributed by atoms with E-state index in [9.17, 15) is 14.7 Å². The third kappa shape index (κ3) is 2.96. The van der Waals surface area contributed by atoms with Gasteiger partial charge in [0, 0.05) is 25.6 Å². The molecule has 7 heteroatoms. The number of carbonyl (C=O) groups excluding carboxylic acids is 1. The largest absolute Gasteiger partial charge is 0.480 e. The van der Waals surface area contributed by atoms with Gasteiger partial charge in [-0.2, -0.15) is 5.26 Å². The van der Waals surface area contributed by atoms with Gasteiger partial charge in [-0.15, -0.1) is 0 Å². The van der Waals surface area contributed by atoms with Gasteiger partial charge in [-0.3, -0.25) is 0 Å². The fourth-order valence-corrected chi connectivity index (χ4v) is 2.42. The minimum Gasteiger partial charge on any atom is -0.480 e. The number of urea groups is 1. The van der Waals surface area contributed by atoms with E-state index in [1.54, 1.807) is 4.90 Å². The Balaban J connectivity index is 2.07. The quantitative estimate of drug-likeness (QED) is 0.746. The van der Waals surface area contributed by atoms with Gasteiger partial charge in [0.25, 0.3) is 0 Å². The molecule has 0 aromatic rings. The maximum absolute atomic E-state index is 12.4. The van der Waals surface area contributed by atoms with Gasteiger partial charge in [-0.1, -0.05) is 0 Å². The van der Waals surface area contributed by atoms with Crippen LogP contribution in [0.15, 0.2) is 0 Å². The van der Waals surface area contributed by atoms with Gasteiger partial charge >= 0.3 is 12.0 Å². The number of nitrogens with zero attached hydrogens (tertiary/aromatic N) is 3. The van der Waals surface area contributed by atoms with Crippen LogP contribution in [0.1, 0.15) is 25.7 Å². The highest BCUT2D eigenvalue weighted by Crippen LogP contribution is 2.30. The summed E-state index contributed by atoms with van der Waals surface area (Å²) in [5.74, 6) is -1.10. The van der Waals surface area contributed by atoms with E-state index in [4.69, 9.17) is 10.4 Å². The van der Waals surface area contributed by atoms with E-state index in [-0.39, 0.29) is 31.5 Å². The Labute approximate surface area is 111 Å². The number of likely N-dealkylation sites (tertiary alicyclic amines) is 1. The first kappa shape index (κ1) is 13.6. The second-order valence-electron chi connectivity index (χ2n) is 5.01. The van der Waals surface area contributed by atoms with Crippen LogP contribution in [-0.4, -0.2) is 63.3 Å². The molecule has 2 N–H and O–H groups in total. The maximum atomic E-state index is 12.4. The van der Waals surface area contributed by atoms with E-state index in [1.807, 2.05) is 6.07 Å². The van der Waals surface area contributed by atoms with Crippen LogP contribution in [0.4, 0.5) is 4.79 Å². The number of nitriles is 1. The zero-order valence-electron chi connectivity index (χ0n) is 10.5. The monoisotopic (exact) mass is 267 g/mol. The van der Waals surface area contributed by atoms with Gasteiger partial charge in [-0.05, 0) is 12.8 Å². The zero-order chi connectivity index (χ0) is 14.0. The van der Waals surface area contributed by atoms with Crippen LogP contribution < -0.4 is 0 Å². The highest BCUT2D eigenvalue weighted by Gasteiger charge is 2.43. The summed E-state index contributed by atoms with van der Waals surface area (Å²) in [4.78, 5) is 26.2. The van der Waals surface area contributed by atoms with Crippen LogP contribution in [0.5, 0.6) is 0 Å². The second-order valence-corrected chi connectivity index (χ2v) is 5.01.